The molecule has 0 amide bonds. The second-order valence-corrected chi connectivity index (χ2v) is 15.7. The molecule has 12 aromatic carbocycles. The van der Waals surface area contributed by atoms with Crippen LogP contribution in [0.5, 0.6) is 0 Å². The van der Waals surface area contributed by atoms with Gasteiger partial charge in [-0.2, -0.15) is 0 Å². The van der Waals surface area contributed by atoms with Crippen LogP contribution in [0, 0.1) is 0 Å². The number of hydrogen-bond acceptors (Lipinski definition) is 2. The van der Waals surface area contributed by atoms with Crippen molar-refractivity contribution in [2.24, 2.45) is 0 Å². The van der Waals surface area contributed by atoms with Crippen LogP contribution in [0.1, 0.15) is 0 Å². The van der Waals surface area contributed by atoms with Gasteiger partial charge in [0.05, 0.1) is 11.4 Å². The number of benzene rings is 12. The van der Waals surface area contributed by atoms with Gasteiger partial charge in [0.1, 0.15) is 0 Å². The largest absolute Gasteiger partial charge is 0.310 e. The summed E-state index contributed by atoms with van der Waals surface area (Å²) >= 11 is 0. The lowest BCUT2D eigenvalue weighted by atomic mass is 9.93. The molecule has 0 saturated carbocycles. The molecule has 0 aliphatic heterocycles. The van der Waals surface area contributed by atoms with Gasteiger partial charge in [-0.1, -0.05) is 170 Å². The average molecular weight is 763 g/mol. The number of rotatable bonds is 6. The first-order chi connectivity index (χ1) is 29.8. The molecule has 60 heavy (non-hydrogen) atoms. The van der Waals surface area contributed by atoms with Crippen LogP contribution < -0.4 is 9.80 Å². The van der Waals surface area contributed by atoms with Gasteiger partial charge < -0.3 is 9.80 Å². The van der Waals surface area contributed by atoms with E-state index in [1.807, 2.05) is 0 Å². The Balaban J connectivity index is 1.09. The standard InChI is InChI=1S/C58H38N2/c1-3-19-41(20-4-1)59(57-35-39-17-7-9-23-45(39)47-25-13-15-29-53(47)57)43-31-33-51-52-34-32-44(38-56(52)50-28-12-11-27-49(50)55(51)37-43)60(42-21-5-2-6-22-42)58-36-40-18-8-10-24-46(40)48-26-14-16-30-54(48)58/h1-38H. The van der Waals surface area contributed by atoms with E-state index in [1.54, 1.807) is 0 Å². The molecule has 0 heterocycles. The van der Waals surface area contributed by atoms with Crippen molar-refractivity contribution in [3.8, 4) is 0 Å². The van der Waals surface area contributed by atoms with Crippen LogP contribution in [-0.2, 0) is 0 Å². The number of anilines is 6. The molecular weight excluding hydrogens is 725 g/mol. The minimum atomic E-state index is 1.12. The lowest BCUT2D eigenvalue weighted by Gasteiger charge is -2.29. The fourth-order valence-electron chi connectivity index (χ4n) is 9.66. The lowest BCUT2D eigenvalue weighted by molar-refractivity contribution is 1.31. The molecule has 280 valence electrons. The molecule has 0 aliphatic carbocycles. The monoisotopic (exact) mass is 762 g/mol. The SMILES string of the molecule is c1ccc(N(c2ccc3c4ccc(N(c5ccccc5)c5cc6ccccc6c6ccccc56)cc4c4ccccc4c3c2)c2cc3ccccc3c3ccccc23)cc1. The van der Waals surface area contributed by atoms with E-state index in [-0.39, 0.29) is 0 Å². The van der Waals surface area contributed by atoms with E-state index in [2.05, 4.69) is 240 Å². The number of fused-ring (bicyclic) bond motifs is 12. The Hall–Kier alpha value is -7.94. The lowest BCUT2D eigenvalue weighted by Crippen LogP contribution is -2.11. The molecule has 0 spiro atoms. The summed E-state index contributed by atoms with van der Waals surface area (Å²) in [4.78, 5) is 4.86. The minimum Gasteiger partial charge on any atom is -0.310 e. The maximum absolute atomic E-state index is 2.43. The maximum atomic E-state index is 2.43. The molecule has 0 saturated heterocycles. The van der Waals surface area contributed by atoms with Crippen LogP contribution in [0.25, 0.3) is 75.4 Å². The molecule has 2 nitrogen and oxygen atoms in total. The molecule has 0 fully saturated rings. The minimum absolute atomic E-state index is 1.12. The van der Waals surface area contributed by atoms with Crippen molar-refractivity contribution in [1.82, 2.24) is 0 Å². The highest BCUT2D eigenvalue weighted by atomic mass is 15.1. The maximum Gasteiger partial charge on any atom is 0.0546 e. The number of hydrogen-bond donors (Lipinski definition) is 0. The molecule has 12 aromatic rings. The van der Waals surface area contributed by atoms with Crippen LogP contribution in [-0.4, -0.2) is 0 Å². The van der Waals surface area contributed by atoms with Crippen LogP contribution in [0.15, 0.2) is 231 Å². The van der Waals surface area contributed by atoms with Crippen molar-refractivity contribution in [3.05, 3.63) is 231 Å². The Morgan fingerprint density at radius 2 is 0.483 bits per heavy atom. The Bertz CT molecular complexity index is 3350. The van der Waals surface area contributed by atoms with Gasteiger partial charge in [0, 0.05) is 33.5 Å². The molecule has 0 unspecified atom stereocenters. The van der Waals surface area contributed by atoms with E-state index in [0.29, 0.717) is 0 Å². The summed E-state index contributed by atoms with van der Waals surface area (Å²) in [5.74, 6) is 0. The Labute approximate surface area is 348 Å². The third-order valence-corrected chi connectivity index (χ3v) is 12.3. The Morgan fingerprint density at radius 3 is 0.883 bits per heavy atom. The van der Waals surface area contributed by atoms with E-state index in [4.69, 9.17) is 0 Å². The van der Waals surface area contributed by atoms with Gasteiger partial charge in [-0.3, -0.25) is 0 Å². The quantitative estimate of drug-likeness (QED) is 0.156. The van der Waals surface area contributed by atoms with Crippen molar-refractivity contribution in [3.63, 3.8) is 0 Å². The molecule has 0 aromatic heterocycles. The first-order valence-corrected chi connectivity index (χ1v) is 20.7. The van der Waals surface area contributed by atoms with E-state index >= 15 is 0 Å². The second-order valence-electron chi connectivity index (χ2n) is 15.7. The van der Waals surface area contributed by atoms with Gasteiger partial charge in [-0.15, -0.1) is 0 Å². The Morgan fingerprint density at radius 1 is 0.183 bits per heavy atom. The molecule has 12 rings (SSSR count). The summed E-state index contributed by atoms with van der Waals surface area (Å²) < 4.78 is 0. The highest BCUT2D eigenvalue weighted by Crippen LogP contribution is 2.47. The van der Waals surface area contributed by atoms with Crippen molar-refractivity contribution in [2.45, 2.75) is 0 Å². The van der Waals surface area contributed by atoms with Gasteiger partial charge in [0.2, 0.25) is 0 Å². The first-order valence-electron chi connectivity index (χ1n) is 20.7. The van der Waals surface area contributed by atoms with Crippen LogP contribution in [0.3, 0.4) is 0 Å². The zero-order valence-corrected chi connectivity index (χ0v) is 32.8. The van der Waals surface area contributed by atoms with Crippen molar-refractivity contribution in [1.29, 1.82) is 0 Å². The molecule has 0 bridgehead atoms. The zero-order valence-electron chi connectivity index (χ0n) is 32.8. The summed E-state index contributed by atoms with van der Waals surface area (Å²) in [6.45, 7) is 0. The highest BCUT2D eigenvalue weighted by Gasteiger charge is 2.21. The second kappa shape index (κ2) is 13.9. The van der Waals surface area contributed by atoms with E-state index in [0.717, 1.165) is 34.1 Å². The predicted octanol–water partition coefficient (Wildman–Crippen LogP) is 16.7. The third kappa shape index (κ3) is 5.42. The summed E-state index contributed by atoms with van der Waals surface area (Å²) in [6, 6.07) is 84.4. The highest BCUT2D eigenvalue weighted by molar-refractivity contribution is 6.27. The van der Waals surface area contributed by atoms with Crippen LogP contribution in [0.4, 0.5) is 34.1 Å². The van der Waals surface area contributed by atoms with Crippen LogP contribution in [0.2, 0.25) is 0 Å². The van der Waals surface area contributed by atoms with E-state index in [1.165, 1.54) is 75.4 Å². The smallest absolute Gasteiger partial charge is 0.0546 e. The zero-order chi connectivity index (χ0) is 39.6. The summed E-state index contributed by atoms with van der Waals surface area (Å²) in [5.41, 5.74) is 6.80. The first kappa shape index (κ1) is 34.1. The van der Waals surface area contributed by atoms with E-state index in [9.17, 15) is 0 Å². The summed E-state index contributed by atoms with van der Waals surface area (Å²) in [5, 5.41) is 17.3. The summed E-state index contributed by atoms with van der Waals surface area (Å²) in [6.07, 6.45) is 0. The van der Waals surface area contributed by atoms with Crippen LogP contribution >= 0.6 is 0 Å². The average Bonchev–Trinajstić information content (AvgIpc) is 3.32. The van der Waals surface area contributed by atoms with Crippen molar-refractivity contribution < 1.29 is 0 Å². The van der Waals surface area contributed by atoms with Gasteiger partial charge in [0.15, 0.2) is 0 Å². The number of nitrogens with zero attached hydrogens (tertiary/aromatic N) is 2. The van der Waals surface area contributed by atoms with E-state index < -0.39 is 0 Å². The third-order valence-electron chi connectivity index (χ3n) is 12.3. The normalized spacial score (nSPS) is 11.7. The van der Waals surface area contributed by atoms with Gasteiger partial charge in [-0.25, -0.2) is 0 Å². The molecule has 0 atom stereocenters. The Kier molecular flexibility index (Phi) is 7.89. The van der Waals surface area contributed by atoms with Gasteiger partial charge >= 0.3 is 0 Å². The van der Waals surface area contributed by atoms with Crippen molar-refractivity contribution >= 4 is 110 Å². The fourth-order valence-corrected chi connectivity index (χ4v) is 9.66. The molecule has 2 heteroatoms. The molecule has 0 aliphatic rings. The van der Waals surface area contributed by atoms with Crippen molar-refractivity contribution in [2.75, 3.05) is 9.80 Å². The van der Waals surface area contributed by atoms with Gasteiger partial charge in [0.25, 0.3) is 0 Å². The molecule has 0 N–H and O–H groups in total. The van der Waals surface area contributed by atoms with Gasteiger partial charge in [-0.05, 0) is 125 Å². The predicted molar refractivity (Wildman–Crippen MR) is 258 cm³/mol. The fraction of sp³-hybridized carbons (Fsp3) is 0. The number of para-hydroxylation sites is 2. The summed E-state index contributed by atoms with van der Waals surface area (Å²) in [7, 11) is 0. The molecule has 0 radical (unpaired) electrons. The topological polar surface area (TPSA) is 6.48 Å². The molecular formula is C58H38N2.